The molecule has 0 radical (unpaired) electrons. The van der Waals surface area contributed by atoms with Crippen molar-refractivity contribution >= 4 is 11.2 Å². The van der Waals surface area contributed by atoms with Crippen LogP contribution in [0.1, 0.15) is 0 Å². The van der Waals surface area contributed by atoms with E-state index in [1.165, 1.54) is 0 Å². The van der Waals surface area contributed by atoms with Crippen molar-refractivity contribution in [2.24, 2.45) is 0 Å². The molecular weight excluding hydrogens is 496 g/mol. The summed E-state index contributed by atoms with van der Waals surface area (Å²) in [4.78, 5) is 0. The van der Waals surface area contributed by atoms with E-state index in [0.717, 1.165) is 0 Å². The number of halogens is 16. The van der Waals surface area contributed by atoms with Gasteiger partial charge in [-0.15, -0.1) is 0 Å². The van der Waals surface area contributed by atoms with Gasteiger partial charge in [-0.25, -0.2) is 16.7 Å². The van der Waals surface area contributed by atoms with Crippen LogP contribution in [0.2, 0.25) is 0 Å². The molecule has 0 aromatic heterocycles. The zero-order valence-corrected chi connectivity index (χ0v) is 12.9. The molecule has 4 unspecified atom stereocenters. The van der Waals surface area contributed by atoms with Crippen LogP contribution in [0.25, 0.3) is 0 Å². The Labute approximate surface area is 147 Å². The first kappa shape index (κ1) is 24.3. The topological polar surface area (TPSA) is 36.9 Å². The van der Waals surface area contributed by atoms with Crippen molar-refractivity contribution in [3.05, 3.63) is 0 Å². The zero-order chi connectivity index (χ0) is 23.3. The predicted octanol–water partition coefficient (Wildman–Crippen LogP) is 5.46. The van der Waals surface area contributed by atoms with E-state index in [1.807, 2.05) is 0 Å². The van der Waals surface area contributed by atoms with Gasteiger partial charge in [-0.05, 0) is 0 Å². The van der Waals surface area contributed by atoms with Crippen LogP contribution in [0.3, 0.4) is 0 Å². The molecular formula is C8F16O4S. The van der Waals surface area contributed by atoms with Gasteiger partial charge < -0.3 is 0 Å². The van der Waals surface area contributed by atoms with Crippen LogP contribution in [-0.2, 0) is 16.7 Å². The summed E-state index contributed by atoms with van der Waals surface area (Å²) >= 11 is -7.07. The van der Waals surface area contributed by atoms with E-state index in [1.54, 1.807) is 0 Å². The number of hydrogen-bond donors (Lipinski definition) is 0. The zero-order valence-electron chi connectivity index (χ0n) is 12.1. The molecule has 2 fully saturated rings. The lowest BCUT2D eigenvalue weighted by Gasteiger charge is -2.30. The first-order valence-electron chi connectivity index (χ1n) is 6.01. The van der Waals surface area contributed by atoms with Crippen molar-refractivity contribution in [3.8, 4) is 0 Å². The van der Waals surface area contributed by atoms with Gasteiger partial charge in [0.1, 0.15) is 0 Å². The van der Waals surface area contributed by atoms with Crippen molar-refractivity contribution < 1.29 is 87.0 Å². The Hall–Kier alpha value is -0.930. The monoisotopic (exact) mass is 496 g/mol. The highest BCUT2D eigenvalue weighted by Gasteiger charge is 2.97. The van der Waals surface area contributed by atoms with E-state index >= 15 is 0 Å². The summed E-state index contributed by atoms with van der Waals surface area (Å²) in [6.45, 7) is 0. The summed E-state index contributed by atoms with van der Waals surface area (Å²) in [5.41, 5.74) is 0. The van der Waals surface area contributed by atoms with Gasteiger partial charge in [-0.1, -0.05) is 0 Å². The van der Waals surface area contributed by atoms with Gasteiger partial charge >= 0.3 is 48.1 Å². The number of alkyl halides is 16. The van der Waals surface area contributed by atoms with Gasteiger partial charge in [0.15, 0.2) is 0 Å². The van der Waals surface area contributed by atoms with Gasteiger partial charge in [0.2, 0.25) is 11.2 Å². The fraction of sp³-hybridized carbons (Fsp3) is 1.00. The van der Waals surface area contributed by atoms with Gasteiger partial charge in [0.05, 0.1) is 0 Å². The third-order valence-corrected chi connectivity index (χ3v) is 4.89. The first-order chi connectivity index (χ1) is 12.3. The van der Waals surface area contributed by atoms with Crippen LogP contribution >= 0.6 is 11.2 Å². The molecule has 2 rings (SSSR count). The Bertz CT molecular complexity index is 567. The molecule has 21 heteroatoms. The third-order valence-electron chi connectivity index (χ3n) is 3.15. The van der Waals surface area contributed by atoms with E-state index in [0.29, 0.717) is 0 Å². The molecule has 2 heterocycles. The molecule has 0 aromatic rings. The average Bonchev–Trinajstić information content (AvgIpc) is 2.78. The lowest BCUT2D eigenvalue weighted by atomic mass is 10.1. The van der Waals surface area contributed by atoms with Crippen LogP contribution in [-0.4, -0.2) is 48.1 Å². The largest absolute Gasteiger partial charge is 0.456 e. The third kappa shape index (κ3) is 2.86. The summed E-state index contributed by atoms with van der Waals surface area (Å²) in [5.74, 6) is -27.8. The van der Waals surface area contributed by atoms with Crippen molar-refractivity contribution in [1.82, 2.24) is 0 Å². The predicted molar refractivity (Wildman–Crippen MR) is 51.5 cm³/mol. The Morgan fingerprint density at radius 1 is 0.379 bits per heavy atom. The fourth-order valence-electron chi connectivity index (χ4n) is 1.80. The van der Waals surface area contributed by atoms with E-state index in [-0.39, 0.29) is 0 Å². The van der Waals surface area contributed by atoms with Gasteiger partial charge in [-0.2, -0.15) is 70.2 Å². The van der Waals surface area contributed by atoms with Crippen molar-refractivity contribution in [2.45, 2.75) is 48.1 Å². The molecule has 0 aromatic carbocycles. The second-order valence-corrected chi connectivity index (χ2v) is 6.60. The molecule has 1 spiro atoms. The van der Waals surface area contributed by atoms with Gasteiger partial charge in [-0.3, -0.25) is 0 Å². The van der Waals surface area contributed by atoms with Gasteiger partial charge in [0.25, 0.3) is 0 Å². The normalized spacial score (nSPS) is 46.9. The second-order valence-electron chi connectivity index (χ2n) is 5.11. The molecule has 4 atom stereocenters. The van der Waals surface area contributed by atoms with E-state index in [9.17, 15) is 70.2 Å². The highest BCUT2D eigenvalue weighted by atomic mass is 32.3. The van der Waals surface area contributed by atoms with Crippen LogP contribution < -0.4 is 0 Å². The van der Waals surface area contributed by atoms with Gasteiger partial charge in [0, 0.05) is 0 Å². The molecule has 29 heavy (non-hydrogen) atoms. The van der Waals surface area contributed by atoms with Crippen molar-refractivity contribution in [1.29, 1.82) is 0 Å². The summed E-state index contributed by atoms with van der Waals surface area (Å²) in [7, 11) is 0. The molecule has 0 amide bonds. The molecule has 4 nitrogen and oxygen atoms in total. The molecule has 2 aliphatic rings. The van der Waals surface area contributed by atoms with E-state index in [2.05, 4.69) is 16.7 Å². The van der Waals surface area contributed by atoms with Crippen LogP contribution in [0, 0.1) is 0 Å². The lowest BCUT2D eigenvalue weighted by molar-refractivity contribution is -0.422. The average molecular weight is 496 g/mol. The summed E-state index contributed by atoms with van der Waals surface area (Å²) in [5, 5.41) is 0. The van der Waals surface area contributed by atoms with Crippen molar-refractivity contribution in [3.63, 3.8) is 0 Å². The quantitative estimate of drug-likeness (QED) is 0.418. The van der Waals surface area contributed by atoms with E-state index in [4.69, 9.17) is 0 Å². The maximum atomic E-state index is 13.8. The maximum Gasteiger partial charge on any atom is 0.456 e. The van der Waals surface area contributed by atoms with Crippen LogP contribution in [0.15, 0.2) is 0 Å². The Kier molecular flexibility index (Phi) is 4.74. The SMILES string of the molecule is FC(F)(F)C1(F)OS2(OC1(F)C(F)(F)F)OC(F)(C(F)(F)F)C(F)(C(F)(F)F)O2. The first-order valence-corrected chi connectivity index (χ1v) is 7.34. The molecule has 0 N–H and O–H groups in total. The second kappa shape index (κ2) is 5.65. The van der Waals surface area contributed by atoms with Crippen LogP contribution in [0.4, 0.5) is 70.2 Å². The summed E-state index contributed by atoms with van der Waals surface area (Å²) < 4.78 is 217. The number of hydrogen-bond acceptors (Lipinski definition) is 4. The molecule has 0 saturated carbocycles. The molecule has 2 aliphatic heterocycles. The smallest absolute Gasteiger partial charge is 0.215 e. The molecule has 174 valence electrons. The molecule has 0 aliphatic carbocycles. The molecule has 0 bridgehead atoms. The Morgan fingerprint density at radius 3 is 0.621 bits per heavy atom. The molecule has 2 saturated heterocycles. The number of rotatable bonds is 0. The highest BCUT2D eigenvalue weighted by Crippen LogP contribution is 2.81. The standard InChI is InChI=1S/C8F16O4S/c9-1(5(13,14)15)2(10,6(16,17)18)26-29(25-1)27-3(11,7(19,20)21)4(12,28-29)8(22,23)24. The lowest BCUT2D eigenvalue weighted by Crippen LogP contribution is -2.62. The minimum Gasteiger partial charge on any atom is -0.215 e. The fourth-order valence-corrected chi connectivity index (χ4v) is 3.93. The summed E-state index contributed by atoms with van der Waals surface area (Å²) in [6.07, 6.45) is -29.0. The minimum absolute atomic E-state index is 2.54. The van der Waals surface area contributed by atoms with Crippen LogP contribution in [0.5, 0.6) is 0 Å². The maximum absolute atomic E-state index is 13.8. The summed E-state index contributed by atoms with van der Waals surface area (Å²) in [6, 6.07) is 0. The Morgan fingerprint density at radius 2 is 0.517 bits per heavy atom. The minimum atomic E-state index is -7.25. The van der Waals surface area contributed by atoms with E-state index < -0.39 is 59.3 Å². The Balaban J connectivity index is 2.74. The highest BCUT2D eigenvalue weighted by molar-refractivity contribution is 8.18. The van der Waals surface area contributed by atoms with Crippen molar-refractivity contribution in [2.75, 3.05) is 0 Å².